The molecule has 2 aromatic carbocycles. The Hall–Kier alpha value is -2.53. The molecule has 0 unspecified atom stereocenters. The number of benzene rings is 2. The minimum atomic E-state index is -0.273. The molecular formula is C21H19FN2OS. The molecule has 0 spiro atoms. The first-order valence-corrected chi connectivity index (χ1v) is 9.59. The molecule has 1 aliphatic heterocycles. The van der Waals surface area contributed by atoms with Gasteiger partial charge in [0.05, 0.1) is 15.2 Å². The fraction of sp³-hybridized carbons (Fsp3) is 0.238. The van der Waals surface area contributed by atoms with Crippen LogP contribution in [0.1, 0.15) is 29.3 Å². The molecule has 0 atom stereocenters. The molecule has 3 nitrogen and oxygen atoms in total. The van der Waals surface area contributed by atoms with Gasteiger partial charge in [-0.2, -0.15) is 0 Å². The Morgan fingerprint density at radius 1 is 1.12 bits per heavy atom. The van der Waals surface area contributed by atoms with Crippen LogP contribution in [0, 0.1) is 5.82 Å². The van der Waals surface area contributed by atoms with Gasteiger partial charge in [-0.15, -0.1) is 11.3 Å². The molecule has 2 heterocycles. The van der Waals surface area contributed by atoms with Crippen molar-refractivity contribution >= 4 is 33.5 Å². The Morgan fingerprint density at radius 2 is 1.85 bits per heavy atom. The van der Waals surface area contributed by atoms with Crippen LogP contribution in [0.15, 0.2) is 54.6 Å². The molecule has 132 valence electrons. The molecule has 1 amide bonds. The van der Waals surface area contributed by atoms with Gasteiger partial charge < -0.3 is 4.90 Å². The van der Waals surface area contributed by atoms with Crippen molar-refractivity contribution in [3.05, 3.63) is 71.0 Å². The second-order valence-corrected chi connectivity index (χ2v) is 7.57. The Bertz CT molecular complexity index is 907. The van der Waals surface area contributed by atoms with Crippen molar-refractivity contribution in [1.82, 2.24) is 9.88 Å². The van der Waals surface area contributed by atoms with Crippen molar-refractivity contribution in [2.45, 2.75) is 18.8 Å². The van der Waals surface area contributed by atoms with Crippen LogP contribution in [0.5, 0.6) is 0 Å². The van der Waals surface area contributed by atoms with Crippen LogP contribution in [0.2, 0.25) is 0 Å². The number of rotatable bonds is 3. The van der Waals surface area contributed by atoms with Crippen LogP contribution in [0.3, 0.4) is 0 Å². The van der Waals surface area contributed by atoms with E-state index >= 15 is 0 Å². The van der Waals surface area contributed by atoms with E-state index < -0.39 is 0 Å². The number of thiazole rings is 1. The van der Waals surface area contributed by atoms with Crippen LogP contribution in [0.25, 0.3) is 16.3 Å². The summed E-state index contributed by atoms with van der Waals surface area (Å²) < 4.78 is 14.1. The lowest BCUT2D eigenvalue weighted by Gasteiger charge is -2.30. The lowest BCUT2D eigenvalue weighted by atomic mass is 9.97. The highest BCUT2D eigenvalue weighted by molar-refractivity contribution is 7.18. The van der Waals surface area contributed by atoms with E-state index in [-0.39, 0.29) is 11.7 Å². The summed E-state index contributed by atoms with van der Waals surface area (Å²) >= 11 is 1.76. The first-order chi connectivity index (χ1) is 12.7. The number of carbonyl (C=O) groups is 1. The van der Waals surface area contributed by atoms with Gasteiger partial charge in [0, 0.05) is 25.1 Å². The van der Waals surface area contributed by atoms with Crippen LogP contribution < -0.4 is 0 Å². The number of likely N-dealkylation sites (tertiary alicyclic amines) is 1. The number of amides is 1. The van der Waals surface area contributed by atoms with E-state index in [1.165, 1.54) is 21.8 Å². The summed E-state index contributed by atoms with van der Waals surface area (Å²) in [6.07, 6.45) is 5.19. The van der Waals surface area contributed by atoms with Gasteiger partial charge in [-0.3, -0.25) is 4.79 Å². The van der Waals surface area contributed by atoms with Gasteiger partial charge in [-0.05, 0) is 48.7 Å². The van der Waals surface area contributed by atoms with E-state index in [1.54, 1.807) is 35.6 Å². The van der Waals surface area contributed by atoms with E-state index in [1.807, 2.05) is 23.1 Å². The van der Waals surface area contributed by atoms with E-state index in [0.717, 1.165) is 37.0 Å². The number of hydrogen-bond acceptors (Lipinski definition) is 3. The zero-order valence-electron chi connectivity index (χ0n) is 14.3. The summed E-state index contributed by atoms with van der Waals surface area (Å²) in [7, 11) is 0. The predicted molar refractivity (Wildman–Crippen MR) is 104 cm³/mol. The molecule has 5 heteroatoms. The molecule has 0 saturated carbocycles. The molecule has 1 aliphatic rings. The van der Waals surface area contributed by atoms with Gasteiger partial charge in [-0.1, -0.05) is 24.3 Å². The highest BCUT2D eigenvalue weighted by Gasteiger charge is 2.24. The maximum absolute atomic E-state index is 12.9. The second-order valence-electron chi connectivity index (χ2n) is 6.50. The number of aromatic nitrogens is 1. The summed E-state index contributed by atoms with van der Waals surface area (Å²) in [5.74, 6) is 0.167. The fourth-order valence-electron chi connectivity index (χ4n) is 3.26. The van der Waals surface area contributed by atoms with Crippen LogP contribution in [0.4, 0.5) is 4.39 Å². The first kappa shape index (κ1) is 16.9. The van der Waals surface area contributed by atoms with Gasteiger partial charge >= 0.3 is 0 Å². The smallest absolute Gasteiger partial charge is 0.246 e. The largest absolute Gasteiger partial charge is 0.339 e. The molecule has 1 fully saturated rings. The van der Waals surface area contributed by atoms with Crippen molar-refractivity contribution in [2.75, 3.05) is 13.1 Å². The van der Waals surface area contributed by atoms with Crippen molar-refractivity contribution in [3.8, 4) is 0 Å². The molecule has 0 N–H and O–H groups in total. The van der Waals surface area contributed by atoms with E-state index in [0.29, 0.717) is 5.92 Å². The van der Waals surface area contributed by atoms with Gasteiger partial charge in [0.15, 0.2) is 0 Å². The van der Waals surface area contributed by atoms with E-state index in [4.69, 9.17) is 4.98 Å². The number of piperidine rings is 1. The Kier molecular flexibility index (Phi) is 4.80. The molecule has 1 saturated heterocycles. The summed E-state index contributed by atoms with van der Waals surface area (Å²) in [5.41, 5.74) is 1.89. The maximum atomic E-state index is 12.9. The molecule has 0 aliphatic carbocycles. The normalized spacial score (nSPS) is 15.8. The van der Waals surface area contributed by atoms with Crippen LogP contribution >= 0.6 is 11.3 Å². The average Bonchev–Trinajstić information content (AvgIpc) is 3.12. The van der Waals surface area contributed by atoms with Crippen molar-refractivity contribution < 1.29 is 9.18 Å². The SMILES string of the molecule is O=C(C=Cc1ccc(F)cc1)N1CCC(c2nc3ccccc3s2)CC1. The van der Waals surface area contributed by atoms with Gasteiger partial charge in [0.2, 0.25) is 5.91 Å². The Labute approximate surface area is 155 Å². The number of carbonyl (C=O) groups excluding carboxylic acids is 1. The molecule has 4 rings (SSSR count). The maximum Gasteiger partial charge on any atom is 0.246 e. The molecule has 1 aromatic heterocycles. The topological polar surface area (TPSA) is 33.2 Å². The van der Waals surface area contributed by atoms with Crippen molar-refractivity contribution in [2.24, 2.45) is 0 Å². The summed E-state index contributed by atoms with van der Waals surface area (Å²) in [6.45, 7) is 1.49. The van der Waals surface area contributed by atoms with Gasteiger partial charge in [0.25, 0.3) is 0 Å². The third kappa shape index (κ3) is 3.68. The minimum Gasteiger partial charge on any atom is -0.339 e. The zero-order valence-corrected chi connectivity index (χ0v) is 15.1. The quantitative estimate of drug-likeness (QED) is 0.621. The number of hydrogen-bond donors (Lipinski definition) is 0. The van der Waals surface area contributed by atoms with Crippen LogP contribution in [-0.4, -0.2) is 28.9 Å². The number of halogens is 1. The fourth-order valence-corrected chi connectivity index (χ4v) is 4.39. The number of nitrogens with zero attached hydrogens (tertiary/aromatic N) is 2. The number of para-hydroxylation sites is 1. The Balaban J connectivity index is 1.36. The summed E-state index contributed by atoms with van der Waals surface area (Å²) in [6, 6.07) is 14.3. The van der Waals surface area contributed by atoms with E-state index in [2.05, 4.69) is 6.07 Å². The second kappa shape index (κ2) is 7.38. The highest BCUT2D eigenvalue weighted by atomic mass is 32.1. The Morgan fingerprint density at radius 3 is 2.58 bits per heavy atom. The minimum absolute atomic E-state index is 0.0112. The van der Waals surface area contributed by atoms with Gasteiger partial charge in [-0.25, -0.2) is 9.37 Å². The molecule has 26 heavy (non-hydrogen) atoms. The van der Waals surface area contributed by atoms with Crippen LogP contribution in [-0.2, 0) is 4.79 Å². The number of fused-ring (bicyclic) bond motifs is 1. The zero-order chi connectivity index (χ0) is 17.9. The molecule has 0 radical (unpaired) electrons. The molecule has 0 bridgehead atoms. The lowest BCUT2D eigenvalue weighted by Crippen LogP contribution is -2.36. The average molecular weight is 366 g/mol. The highest BCUT2D eigenvalue weighted by Crippen LogP contribution is 2.33. The van der Waals surface area contributed by atoms with Gasteiger partial charge in [0.1, 0.15) is 5.82 Å². The van der Waals surface area contributed by atoms with Crippen molar-refractivity contribution in [1.29, 1.82) is 0 Å². The molecule has 3 aromatic rings. The molecular weight excluding hydrogens is 347 g/mol. The van der Waals surface area contributed by atoms with Crippen molar-refractivity contribution in [3.63, 3.8) is 0 Å². The first-order valence-electron chi connectivity index (χ1n) is 8.77. The predicted octanol–water partition coefficient (Wildman–Crippen LogP) is 4.85. The lowest BCUT2D eigenvalue weighted by molar-refractivity contribution is -0.126. The monoisotopic (exact) mass is 366 g/mol. The summed E-state index contributed by atoms with van der Waals surface area (Å²) in [4.78, 5) is 19.0. The summed E-state index contributed by atoms with van der Waals surface area (Å²) in [5, 5.41) is 1.18. The van der Waals surface area contributed by atoms with E-state index in [9.17, 15) is 9.18 Å². The standard InChI is InChI=1S/C21H19FN2OS/c22-17-8-5-15(6-9-17)7-10-20(25)24-13-11-16(12-14-24)21-23-18-3-1-2-4-19(18)26-21/h1-10,16H,11-14H2. The third-order valence-electron chi connectivity index (χ3n) is 4.75. The third-order valence-corrected chi connectivity index (χ3v) is 5.95.